The first-order chi connectivity index (χ1) is 6.88. The molecule has 2 rings (SSSR count). The third-order valence-electron chi connectivity index (χ3n) is 2.10. The van der Waals surface area contributed by atoms with Crippen LogP contribution < -0.4 is 5.32 Å². The van der Waals surface area contributed by atoms with Gasteiger partial charge in [-0.15, -0.1) is 0 Å². The molecule has 0 bridgehead atoms. The Hall–Kier alpha value is -1.77. The number of nitrogens with one attached hydrogen (secondary N) is 1. The van der Waals surface area contributed by atoms with Crippen molar-refractivity contribution in [3.8, 4) is 0 Å². The summed E-state index contributed by atoms with van der Waals surface area (Å²) in [5.74, 6) is 0.904. The molecule has 14 heavy (non-hydrogen) atoms. The molecule has 1 N–H and O–H groups in total. The van der Waals surface area contributed by atoms with Crippen molar-refractivity contribution >= 4 is 5.82 Å². The highest BCUT2D eigenvalue weighted by atomic mass is 15.1. The zero-order chi connectivity index (χ0) is 9.80. The first-order valence-electron chi connectivity index (χ1n) is 4.62. The van der Waals surface area contributed by atoms with E-state index in [1.165, 1.54) is 5.56 Å². The number of aromatic nitrogens is 2. The first kappa shape index (κ1) is 8.81. The molecular formula is C11H13N3. The highest BCUT2D eigenvalue weighted by molar-refractivity contribution is 5.30. The summed E-state index contributed by atoms with van der Waals surface area (Å²) in [7, 11) is 1.87. The van der Waals surface area contributed by atoms with Gasteiger partial charge in [-0.3, -0.25) is 0 Å². The van der Waals surface area contributed by atoms with Crippen LogP contribution in [0.25, 0.3) is 0 Å². The fourth-order valence-corrected chi connectivity index (χ4v) is 1.37. The molecule has 0 saturated heterocycles. The minimum Gasteiger partial charge on any atom is -0.372 e. The summed E-state index contributed by atoms with van der Waals surface area (Å²) in [5, 5.41) is 3.00. The molecule has 1 aromatic heterocycles. The highest BCUT2D eigenvalue weighted by Crippen LogP contribution is 2.05. The fraction of sp³-hybridized carbons (Fsp3) is 0.182. The van der Waals surface area contributed by atoms with E-state index in [2.05, 4.69) is 27.0 Å². The second kappa shape index (κ2) is 3.96. The summed E-state index contributed by atoms with van der Waals surface area (Å²) >= 11 is 0. The Morgan fingerprint density at radius 1 is 1.29 bits per heavy atom. The van der Waals surface area contributed by atoms with Crippen LogP contribution in [0.15, 0.2) is 42.9 Å². The summed E-state index contributed by atoms with van der Waals surface area (Å²) in [5.41, 5.74) is 1.28. The number of rotatable bonds is 3. The molecule has 0 aliphatic rings. The van der Waals surface area contributed by atoms with E-state index in [9.17, 15) is 0 Å². The van der Waals surface area contributed by atoms with Gasteiger partial charge in [0.25, 0.3) is 0 Å². The molecule has 72 valence electrons. The molecule has 0 radical (unpaired) electrons. The van der Waals surface area contributed by atoms with Crippen LogP contribution in [0.1, 0.15) is 5.56 Å². The van der Waals surface area contributed by atoms with Crippen molar-refractivity contribution in [2.75, 3.05) is 12.4 Å². The average Bonchev–Trinajstić information content (AvgIpc) is 2.67. The number of anilines is 1. The van der Waals surface area contributed by atoms with Gasteiger partial charge in [-0.1, -0.05) is 30.3 Å². The van der Waals surface area contributed by atoms with Crippen LogP contribution >= 0.6 is 0 Å². The standard InChI is InChI=1S/C11H13N3/c1-12-11-8-14(9-13-11)7-10-5-3-2-4-6-10/h2-6,8-9,12H,7H2,1H3. The normalized spacial score (nSPS) is 10.1. The van der Waals surface area contributed by atoms with E-state index in [0.717, 1.165) is 12.4 Å². The largest absolute Gasteiger partial charge is 0.372 e. The Kier molecular flexibility index (Phi) is 2.49. The van der Waals surface area contributed by atoms with Crippen LogP contribution in [0.4, 0.5) is 5.82 Å². The summed E-state index contributed by atoms with van der Waals surface area (Å²) < 4.78 is 2.06. The van der Waals surface area contributed by atoms with E-state index in [4.69, 9.17) is 0 Å². The average molecular weight is 187 g/mol. The molecule has 0 aliphatic heterocycles. The molecule has 1 aromatic carbocycles. The zero-order valence-corrected chi connectivity index (χ0v) is 8.14. The molecule has 0 spiro atoms. The van der Waals surface area contributed by atoms with Crippen molar-refractivity contribution < 1.29 is 0 Å². The molecule has 3 heteroatoms. The van der Waals surface area contributed by atoms with Crippen molar-refractivity contribution in [2.45, 2.75) is 6.54 Å². The van der Waals surface area contributed by atoms with E-state index >= 15 is 0 Å². The lowest BCUT2D eigenvalue weighted by molar-refractivity contribution is 0.797. The maximum atomic E-state index is 4.18. The monoisotopic (exact) mass is 187 g/mol. The minimum absolute atomic E-state index is 0.871. The molecule has 0 amide bonds. The molecule has 1 heterocycles. The minimum atomic E-state index is 0.871. The van der Waals surface area contributed by atoms with Crippen LogP contribution in [-0.2, 0) is 6.54 Å². The molecule has 0 unspecified atom stereocenters. The quantitative estimate of drug-likeness (QED) is 0.796. The third kappa shape index (κ3) is 1.93. The molecule has 0 aliphatic carbocycles. The predicted molar refractivity (Wildman–Crippen MR) is 57.3 cm³/mol. The van der Waals surface area contributed by atoms with Gasteiger partial charge < -0.3 is 9.88 Å². The highest BCUT2D eigenvalue weighted by Gasteiger charge is 1.96. The second-order valence-corrected chi connectivity index (χ2v) is 3.17. The van der Waals surface area contributed by atoms with E-state index in [1.54, 1.807) is 0 Å². The van der Waals surface area contributed by atoms with Crippen molar-refractivity contribution in [1.29, 1.82) is 0 Å². The van der Waals surface area contributed by atoms with Crippen molar-refractivity contribution in [1.82, 2.24) is 9.55 Å². The molecule has 3 nitrogen and oxygen atoms in total. The number of imidazole rings is 1. The van der Waals surface area contributed by atoms with Crippen LogP contribution in [0.2, 0.25) is 0 Å². The summed E-state index contributed by atoms with van der Waals surface area (Å²) in [6.45, 7) is 0.871. The predicted octanol–water partition coefficient (Wildman–Crippen LogP) is 1.97. The maximum absolute atomic E-state index is 4.18. The Morgan fingerprint density at radius 3 is 2.71 bits per heavy atom. The number of nitrogens with zero attached hydrogens (tertiary/aromatic N) is 2. The lowest BCUT2D eigenvalue weighted by atomic mass is 10.2. The molecular weight excluding hydrogens is 174 g/mol. The van der Waals surface area contributed by atoms with Gasteiger partial charge in [0.15, 0.2) is 0 Å². The fourth-order valence-electron chi connectivity index (χ4n) is 1.37. The van der Waals surface area contributed by atoms with Crippen LogP contribution in [0.5, 0.6) is 0 Å². The van der Waals surface area contributed by atoms with Gasteiger partial charge in [0.05, 0.1) is 6.33 Å². The lowest BCUT2D eigenvalue weighted by Crippen LogP contribution is -1.95. The van der Waals surface area contributed by atoms with Crippen LogP contribution in [0, 0.1) is 0 Å². The van der Waals surface area contributed by atoms with Gasteiger partial charge in [0, 0.05) is 19.8 Å². The smallest absolute Gasteiger partial charge is 0.143 e. The zero-order valence-electron chi connectivity index (χ0n) is 8.14. The van der Waals surface area contributed by atoms with E-state index in [1.807, 2.05) is 37.8 Å². The van der Waals surface area contributed by atoms with Crippen molar-refractivity contribution in [2.24, 2.45) is 0 Å². The van der Waals surface area contributed by atoms with Crippen LogP contribution in [-0.4, -0.2) is 16.6 Å². The van der Waals surface area contributed by atoms with Gasteiger partial charge in [-0.2, -0.15) is 0 Å². The number of hydrogen-bond donors (Lipinski definition) is 1. The Morgan fingerprint density at radius 2 is 2.07 bits per heavy atom. The summed E-state index contributed by atoms with van der Waals surface area (Å²) in [6.07, 6.45) is 3.83. The first-order valence-corrected chi connectivity index (χ1v) is 4.62. The summed E-state index contributed by atoms with van der Waals surface area (Å²) in [4.78, 5) is 4.18. The maximum Gasteiger partial charge on any atom is 0.143 e. The Bertz CT molecular complexity index is 392. The molecule has 0 atom stereocenters. The van der Waals surface area contributed by atoms with Gasteiger partial charge in [0.2, 0.25) is 0 Å². The Labute approximate surface area is 83.4 Å². The van der Waals surface area contributed by atoms with E-state index < -0.39 is 0 Å². The number of benzene rings is 1. The third-order valence-corrected chi connectivity index (χ3v) is 2.10. The molecule has 0 fully saturated rings. The van der Waals surface area contributed by atoms with Gasteiger partial charge in [0.1, 0.15) is 5.82 Å². The van der Waals surface area contributed by atoms with Crippen LogP contribution in [0.3, 0.4) is 0 Å². The lowest BCUT2D eigenvalue weighted by Gasteiger charge is -2.00. The number of hydrogen-bond acceptors (Lipinski definition) is 2. The molecule has 2 aromatic rings. The Balaban J connectivity index is 2.11. The van der Waals surface area contributed by atoms with Gasteiger partial charge >= 0.3 is 0 Å². The van der Waals surface area contributed by atoms with E-state index in [0.29, 0.717) is 0 Å². The molecule has 0 saturated carbocycles. The van der Waals surface area contributed by atoms with Crippen molar-refractivity contribution in [3.05, 3.63) is 48.4 Å². The van der Waals surface area contributed by atoms with Gasteiger partial charge in [-0.05, 0) is 5.56 Å². The summed E-state index contributed by atoms with van der Waals surface area (Å²) in [6, 6.07) is 10.3. The van der Waals surface area contributed by atoms with E-state index in [-0.39, 0.29) is 0 Å². The SMILES string of the molecule is CNc1cn(Cc2ccccc2)cn1. The van der Waals surface area contributed by atoms with Gasteiger partial charge in [-0.25, -0.2) is 4.98 Å². The second-order valence-electron chi connectivity index (χ2n) is 3.17. The topological polar surface area (TPSA) is 29.9 Å². The van der Waals surface area contributed by atoms with Crippen molar-refractivity contribution in [3.63, 3.8) is 0 Å².